The van der Waals surface area contributed by atoms with Crippen LogP contribution in [0.25, 0.3) is 0 Å². The van der Waals surface area contributed by atoms with Gasteiger partial charge in [0.15, 0.2) is 5.82 Å². The quantitative estimate of drug-likeness (QED) is 0.781. The average molecular weight is 289 g/mol. The van der Waals surface area contributed by atoms with Gasteiger partial charge in [0.25, 0.3) is 0 Å². The molecule has 2 aromatic rings. The highest BCUT2D eigenvalue weighted by Gasteiger charge is 2.13. The second-order valence-electron chi connectivity index (χ2n) is 5.56. The lowest BCUT2D eigenvalue weighted by molar-refractivity contribution is 0.264. The number of hydrogen-bond donors (Lipinski definition) is 2. The van der Waals surface area contributed by atoms with Gasteiger partial charge in [0.2, 0.25) is 5.89 Å². The fraction of sp³-hybridized carbons (Fsp3) is 0.500. The lowest BCUT2D eigenvalue weighted by atomic mass is 10.0. The van der Waals surface area contributed by atoms with Crippen LogP contribution in [0.15, 0.2) is 34.9 Å². The highest BCUT2D eigenvalue weighted by molar-refractivity contribution is 5.18. The summed E-state index contributed by atoms with van der Waals surface area (Å²) in [7, 11) is 0. The van der Waals surface area contributed by atoms with Gasteiger partial charge < -0.3 is 14.9 Å². The Labute approximate surface area is 125 Å². The van der Waals surface area contributed by atoms with E-state index in [0.29, 0.717) is 30.6 Å². The second-order valence-corrected chi connectivity index (χ2v) is 5.56. The Hall–Kier alpha value is -1.72. The van der Waals surface area contributed by atoms with Gasteiger partial charge in [-0.3, -0.25) is 0 Å². The van der Waals surface area contributed by atoms with Crippen LogP contribution in [0.2, 0.25) is 0 Å². The van der Waals surface area contributed by atoms with Crippen molar-refractivity contribution >= 4 is 0 Å². The average Bonchev–Trinajstić information content (AvgIpc) is 2.91. The van der Waals surface area contributed by atoms with Crippen molar-refractivity contribution in [2.75, 3.05) is 6.61 Å². The van der Waals surface area contributed by atoms with E-state index in [2.05, 4.69) is 29.3 Å². The molecule has 1 aromatic carbocycles. The Balaban J connectivity index is 1.94. The van der Waals surface area contributed by atoms with Gasteiger partial charge in [-0.05, 0) is 17.9 Å². The van der Waals surface area contributed by atoms with Crippen LogP contribution in [-0.2, 0) is 13.0 Å². The molecule has 1 heterocycles. The fourth-order valence-electron chi connectivity index (χ4n) is 2.21. The van der Waals surface area contributed by atoms with Crippen LogP contribution >= 0.6 is 0 Å². The van der Waals surface area contributed by atoms with Gasteiger partial charge in [0, 0.05) is 19.1 Å². The van der Waals surface area contributed by atoms with Crippen molar-refractivity contribution in [2.24, 2.45) is 5.92 Å². The maximum atomic E-state index is 9.21. The van der Waals surface area contributed by atoms with E-state index in [0.717, 1.165) is 12.0 Å². The molecule has 0 saturated carbocycles. The summed E-state index contributed by atoms with van der Waals surface area (Å²) in [5.74, 6) is 1.84. The van der Waals surface area contributed by atoms with Crippen molar-refractivity contribution in [1.82, 2.24) is 15.5 Å². The smallest absolute Gasteiger partial charge is 0.226 e. The maximum Gasteiger partial charge on any atom is 0.226 e. The molecule has 0 aliphatic rings. The Bertz CT molecular complexity index is 525. The van der Waals surface area contributed by atoms with E-state index in [4.69, 9.17) is 4.52 Å². The van der Waals surface area contributed by atoms with Crippen LogP contribution in [0.3, 0.4) is 0 Å². The summed E-state index contributed by atoms with van der Waals surface area (Å²) in [5.41, 5.74) is 1.15. The zero-order valence-corrected chi connectivity index (χ0v) is 12.6. The highest BCUT2D eigenvalue weighted by atomic mass is 16.5. The van der Waals surface area contributed by atoms with Gasteiger partial charge in [-0.2, -0.15) is 4.98 Å². The standard InChI is InChI=1S/C16H23N3O2/c1-12(2)10-16-18-15(19-21-16)11-17-14(8-9-20)13-6-4-3-5-7-13/h3-7,12,14,17,20H,8-11H2,1-2H3. The van der Waals surface area contributed by atoms with E-state index in [1.54, 1.807) is 0 Å². The molecule has 2 N–H and O–H groups in total. The molecule has 5 nitrogen and oxygen atoms in total. The Kier molecular flexibility index (Phi) is 5.90. The number of aromatic nitrogens is 2. The van der Waals surface area contributed by atoms with Gasteiger partial charge in [0.05, 0.1) is 6.54 Å². The summed E-state index contributed by atoms with van der Waals surface area (Å²) in [5, 5.41) is 16.6. The molecule has 0 radical (unpaired) electrons. The lowest BCUT2D eigenvalue weighted by Gasteiger charge is -2.17. The monoisotopic (exact) mass is 289 g/mol. The summed E-state index contributed by atoms with van der Waals surface area (Å²) in [4.78, 5) is 4.37. The molecule has 0 aliphatic heterocycles. The molecule has 114 valence electrons. The molecule has 0 amide bonds. The summed E-state index contributed by atoms with van der Waals surface area (Å²) in [6.07, 6.45) is 1.45. The largest absolute Gasteiger partial charge is 0.396 e. The Morgan fingerprint density at radius 3 is 2.67 bits per heavy atom. The number of nitrogens with zero attached hydrogens (tertiary/aromatic N) is 2. The topological polar surface area (TPSA) is 71.2 Å². The number of nitrogens with one attached hydrogen (secondary N) is 1. The van der Waals surface area contributed by atoms with Crippen molar-refractivity contribution in [3.8, 4) is 0 Å². The predicted molar refractivity (Wildman–Crippen MR) is 80.6 cm³/mol. The minimum absolute atomic E-state index is 0.0863. The minimum Gasteiger partial charge on any atom is -0.396 e. The van der Waals surface area contributed by atoms with Gasteiger partial charge >= 0.3 is 0 Å². The summed E-state index contributed by atoms with van der Waals surface area (Å²) >= 11 is 0. The maximum absolute atomic E-state index is 9.21. The van der Waals surface area contributed by atoms with Crippen LogP contribution < -0.4 is 5.32 Å². The number of aliphatic hydroxyl groups excluding tert-OH is 1. The molecule has 0 saturated heterocycles. The van der Waals surface area contributed by atoms with Crippen molar-refractivity contribution in [3.05, 3.63) is 47.6 Å². The van der Waals surface area contributed by atoms with E-state index in [1.807, 2.05) is 30.3 Å². The first-order chi connectivity index (χ1) is 10.2. The molecule has 1 aromatic heterocycles. The second kappa shape index (κ2) is 7.90. The third kappa shape index (κ3) is 4.95. The minimum atomic E-state index is 0.0863. The fourth-order valence-corrected chi connectivity index (χ4v) is 2.21. The van der Waals surface area contributed by atoms with Gasteiger partial charge in [-0.15, -0.1) is 0 Å². The summed E-state index contributed by atoms with van der Waals surface area (Å²) < 4.78 is 5.22. The van der Waals surface area contributed by atoms with Crippen molar-refractivity contribution < 1.29 is 9.63 Å². The first kappa shape index (κ1) is 15.7. The van der Waals surface area contributed by atoms with Crippen LogP contribution in [-0.4, -0.2) is 21.9 Å². The molecule has 0 bridgehead atoms. The van der Waals surface area contributed by atoms with Crippen LogP contribution in [0.1, 0.15) is 43.6 Å². The first-order valence-corrected chi connectivity index (χ1v) is 7.39. The first-order valence-electron chi connectivity index (χ1n) is 7.39. The molecule has 1 atom stereocenters. The molecule has 0 fully saturated rings. The van der Waals surface area contributed by atoms with Crippen LogP contribution in [0.4, 0.5) is 0 Å². The lowest BCUT2D eigenvalue weighted by Crippen LogP contribution is -2.22. The van der Waals surface area contributed by atoms with E-state index in [1.165, 1.54) is 0 Å². The van der Waals surface area contributed by atoms with E-state index in [9.17, 15) is 5.11 Å². The van der Waals surface area contributed by atoms with E-state index < -0.39 is 0 Å². The Morgan fingerprint density at radius 2 is 2.00 bits per heavy atom. The third-order valence-electron chi connectivity index (χ3n) is 3.22. The SMILES string of the molecule is CC(C)Cc1nc(CNC(CCO)c2ccccc2)no1. The molecule has 2 rings (SSSR count). The number of hydrogen-bond acceptors (Lipinski definition) is 5. The van der Waals surface area contributed by atoms with E-state index >= 15 is 0 Å². The summed E-state index contributed by atoms with van der Waals surface area (Å²) in [6.45, 7) is 4.90. The molecule has 0 aliphatic carbocycles. The van der Waals surface area contributed by atoms with Crippen molar-refractivity contribution in [1.29, 1.82) is 0 Å². The van der Waals surface area contributed by atoms with Crippen molar-refractivity contribution in [2.45, 2.75) is 39.3 Å². The molecule has 0 spiro atoms. The van der Waals surface area contributed by atoms with Gasteiger partial charge in [0.1, 0.15) is 0 Å². The van der Waals surface area contributed by atoms with Crippen molar-refractivity contribution in [3.63, 3.8) is 0 Å². The molecule has 5 heteroatoms. The van der Waals surface area contributed by atoms with Crippen LogP contribution in [0.5, 0.6) is 0 Å². The molecule has 21 heavy (non-hydrogen) atoms. The molecule has 1 unspecified atom stereocenters. The zero-order chi connectivity index (χ0) is 15.1. The van der Waals surface area contributed by atoms with Gasteiger partial charge in [-0.1, -0.05) is 49.3 Å². The van der Waals surface area contributed by atoms with Gasteiger partial charge in [-0.25, -0.2) is 0 Å². The molecular formula is C16H23N3O2. The number of rotatable bonds is 8. The predicted octanol–water partition coefficient (Wildman–Crippen LogP) is 2.48. The zero-order valence-electron chi connectivity index (χ0n) is 12.6. The highest BCUT2D eigenvalue weighted by Crippen LogP contribution is 2.16. The van der Waals surface area contributed by atoms with Crippen LogP contribution in [0, 0.1) is 5.92 Å². The third-order valence-corrected chi connectivity index (χ3v) is 3.22. The Morgan fingerprint density at radius 1 is 1.24 bits per heavy atom. The normalized spacial score (nSPS) is 12.8. The summed E-state index contributed by atoms with van der Waals surface area (Å²) in [6, 6.07) is 10.2. The molecular weight excluding hydrogens is 266 g/mol. The van der Waals surface area contributed by atoms with E-state index in [-0.39, 0.29) is 12.6 Å². The number of aliphatic hydroxyl groups is 1. The number of benzene rings is 1.